The standard InChI is InChI=1S/C22H23N3O3/c1-28-18-8-7-16-13-20(24-19(16)14-18)22(27)25-11-9-15(10-12-25)21(26)23-17-5-3-2-4-6-17/h2-8,13-15,24H,9-12H2,1H3,(H,23,26). The summed E-state index contributed by atoms with van der Waals surface area (Å²) in [5, 5.41) is 3.93. The Kier molecular flexibility index (Phi) is 5.02. The van der Waals surface area contributed by atoms with E-state index in [1.165, 1.54) is 0 Å². The number of ether oxygens (including phenoxy) is 1. The molecule has 1 aliphatic rings. The van der Waals surface area contributed by atoms with E-state index in [1.54, 1.807) is 7.11 Å². The zero-order valence-corrected chi connectivity index (χ0v) is 15.8. The summed E-state index contributed by atoms with van der Waals surface area (Å²) in [5.41, 5.74) is 2.25. The predicted molar refractivity (Wildman–Crippen MR) is 109 cm³/mol. The van der Waals surface area contributed by atoms with Crippen LogP contribution in [0.15, 0.2) is 54.6 Å². The molecule has 2 aromatic carbocycles. The van der Waals surface area contributed by atoms with Crippen molar-refractivity contribution in [2.45, 2.75) is 12.8 Å². The third-order valence-electron chi connectivity index (χ3n) is 5.25. The molecule has 2 N–H and O–H groups in total. The van der Waals surface area contributed by atoms with Crippen molar-refractivity contribution in [1.82, 2.24) is 9.88 Å². The summed E-state index contributed by atoms with van der Waals surface area (Å²) in [4.78, 5) is 30.3. The second kappa shape index (κ2) is 7.76. The van der Waals surface area contributed by atoms with Crippen LogP contribution >= 0.6 is 0 Å². The Balaban J connectivity index is 1.38. The van der Waals surface area contributed by atoms with Gasteiger partial charge in [0.25, 0.3) is 5.91 Å². The Morgan fingerprint density at radius 2 is 1.82 bits per heavy atom. The molecule has 4 rings (SSSR count). The second-order valence-corrected chi connectivity index (χ2v) is 7.06. The summed E-state index contributed by atoms with van der Waals surface area (Å²) >= 11 is 0. The zero-order valence-electron chi connectivity index (χ0n) is 15.8. The topological polar surface area (TPSA) is 74.4 Å². The van der Waals surface area contributed by atoms with Crippen LogP contribution in [0.1, 0.15) is 23.3 Å². The number of aromatic nitrogens is 1. The number of benzene rings is 2. The minimum atomic E-state index is -0.0729. The highest BCUT2D eigenvalue weighted by molar-refractivity contribution is 5.98. The Hall–Kier alpha value is -3.28. The third kappa shape index (κ3) is 3.71. The molecule has 1 fully saturated rings. The molecule has 0 spiro atoms. The Morgan fingerprint density at radius 1 is 1.07 bits per heavy atom. The van der Waals surface area contributed by atoms with Crippen molar-refractivity contribution < 1.29 is 14.3 Å². The number of piperidine rings is 1. The molecule has 28 heavy (non-hydrogen) atoms. The van der Waals surface area contributed by atoms with Gasteiger partial charge in [0.05, 0.1) is 7.11 Å². The van der Waals surface area contributed by atoms with Crippen LogP contribution in [-0.4, -0.2) is 41.9 Å². The van der Waals surface area contributed by atoms with Gasteiger partial charge >= 0.3 is 0 Å². The van der Waals surface area contributed by atoms with Crippen LogP contribution in [0.5, 0.6) is 5.75 Å². The van der Waals surface area contributed by atoms with Crippen LogP contribution in [0.2, 0.25) is 0 Å². The number of likely N-dealkylation sites (tertiary alicyclic amines) is 1. The van der Waals surface area contributed by atoms with Gasteiger partial charge in [-0.15, -0.1) is 0 Å². The van der Waals surface area contributed by atoms with E-state index in [2.05, 4.69) is 10.3 Å². The lowest BCUT2D eigenvalue weighted by Crippen LogP contribution is -2.41. The van der Waals surface area contributed by atoms with Crippen LogP contribution in [0.3, 0.4) is 0 Å². The lowest BCUT2D eigenvalue weighted by molar-refractivity contribution is -0.121. The van der Waals surface area contributed by atoms with Gasteiger partial charge in [-0.1, -0.05) is 18.2 Å². The SMILES string of the molecule is COc1ccc2cc(C(=O)N3CCC(C(=O)Nc4ccccc4)CC3)[nH]c2c1. The molecule has 3 aromatic rings. The summed E-state index contributed by atoms with van der Waals surface area (Å²) in [5.74, 6) is 0.669. The van der Waals surface area contributed by atoms with E-state index in [0.29, 0.717) is 31.6 Å². The molecular formula is C22H23N3O3. The number of nitrogens with one attached hydrogen (secondary N) is 2. The smallest absolute Gasteiger partial charge is 0.270 e. The van der Waals surface area contributed by atoms with Crippen LogP contribution in [0.25, 0.3) is 10.9 Å². The van der Waals surface area contributed by atoms with Crippen LogP contribution < -0.4 is 10.1 Å². The molecule has 0 aliphatic carbocycles. The van der Waals surface area contributed by atoms with Gasteiger partial charge in [0.15, 0.2) is 0 Å². The zero-order chi connectivity index (χ0) is 19.5. The van der Waals surface area contributed by atoms with Crippen LogP contribution in [0, 0.1) is 5.92 Å². The first kappa shape index (κ1) is 18.1. The number of anilines is 1. The predicted octanol–water partition coefficient (Wildman–Crippen LogP) is 3.67. The number of hydrogen-bond acceptors (Lipinski definition) is 3. The van der Waals surface area contributed by atoms with Crippen LogP contribution in [-0.2, 0) is 4.79 Å². The van der Waals surface area contributed by atoms with Crippen LogP contribution in [0.4, 0.5) is 5.69 Å². The average molecular weight is 377 g/mol. The normalized spacial score (nSPS) is 14.8. The minimum absolute atomic E-state index is 0.0241. The number of para-hydroxylation sites is 1. The molecule has 6 heteroatoms. The van der Waals surface area contributed by atoms with Crippen molar-refractivity contribution in [3.05, 3.63) is 60.3 Å². The number of H-pyrrole nitrogens is 1. The highest BCUT2D eigenvalue weighted by Gasteiger charge is 2.28. The quantitative estimate of drug-likeness (QED) is 0.729. The van der Waals surface area contributed by atoms with E-state index >= 15 is 0 Å². The van der Waals surface area contributed by atoms with Crippen molar-refractivity contribution in [3.63, 3.8) is 0 Å². The van der Waals surface area contributed by atoms with E-state index in [1.807, 2.05) is 59.5 Å². The van der Waals surface area contributed by atoms with Gasteiger partial charge in [-0.25, -0.2) is 0 Å². The molecule has 0 saturated carbocycles. The lowest BCUT2D eigenvalue weighted by atomic mass is 9.95. The molecule has 1 saturated heterocycles. The number of nitrogens with zero attached hydrogens (tertiary/aromatic N) is 1. The van der Waals surface area contributed by atoms with Crippen molar-refractivity contribution in [1.29, 1.82) is 0 Å². The molecule has 1 aromatic heterocycles. The molecule has 0 radical (unpaired) electrons. The Labute approximate surface area is 163 Å². The number of hydrogen-bond donors (Lipinski definition) is 2. The fourth-order valence-electron chi connectivity index (χ4n) is 3.63. The minimum Gasteiger partial charge on any atom is -0.497 e. The monoisotopic (exact) mass is 377 g/mol. The van der Waals surface area contributed by atoms with Gasteiger partial charge in [0.2, 0.25) is 5.91 Å². The molecular weight excluding hydrogens is 354 g/mol. The van der Waals surface area contributed by atoms with Crippen molar-refractivity contribution >= 4 is 28.4 Å². The maximum absolute atomic E-state index is 12.9. The summed E-state index contributed by atoms with van der Waals surface area (Å²) in [7, 11) is 1.62. The van der Waals surface area contributed by atoms with Gasteiger partial charge in [0, 0.05) is 41.7 Å². The highest BCUT2D eigenvalue weighted by Crippen LogP contribution is 2.24. The van der Waals surface area contributed by atoms with E-state index in [9.17, 15) is 9.59 Å². The van der Waals surface area contributed by atoms with E-state index in [0.717, 1.165) is 22.3 Å². The molecule has 144 valence electrons. The van der Waals surface area contributed by atoms with Gasteiger partial charge < -0.3 is 19.9 Å². The number of rotatable bonds is 4. The summed E-state index contributed by atoms with van der Waals surface area (Å²) in [6, 6.07) is 17.0. The van der Waals surface area contributed by atoms with Gasteiger partial charge in [-0.3, -0.25) is 9.59 Å². The number of carbonyl (C=O) groups is 2. The Morgan fingerprint density at radius 3 is 2.54 bits per heavy atom. The summed E-state index contributed by atoms with van der Waals surface area (Å²) < 4.78 is 5.23. The fraction of sp³-hybridized carbons (Fsp3) is 0.273. The van der Waals surface area contributed by atoms with Gasteiger partial charge in [-0.05, 0) is 43.2 Å². The number of fused-ring (bicyclic) bond motifs is 1. The maximum atomic E-state index is 12.9. The summed E-state index contributed by atoms with van der Waals surface area (Å²) in [6.45, 7) is 1.15. The molecule has 0 bridgehead atoms. The largest absolute Gasteiger partial charge is 0.497 e. The van der Waals surface area contributed by atoms with E-state index in [4.69, 9.17) is 4.74 Å². The molecule has 0 unspecified atom stereocenters. The first-order valence-electron chi connectivity index (χ1n) is 9.46. The van der Waals surface area contributed by atoms with Crippen molar-refractivity contribution in [2.75, 3.05) is 25.5 Å². The molecule has 6 nitrogen and oxygen atoms in total. The summed E-state index contributed by atoms with van der Waals surface area (Å²) in [6.07, 6.45) is 1.33. The molecule has 0 atom stereocenters. The third-order valence-corrected chi connectivity index (χ3v) is 5.25. The average Bonchev–Trinajstić information content (AvgIpc) is 3.17. The maximum Gasteiger partial charge on any atom is 0.270 e. The van der Waals surface area contributed by atoms with Crippen molar-refractivity contribution in [3.8, 4) is 5.75 Å². The van der Waals surface area contributed by atoms with E-state index < -0.39 is 0 Å². The Bertz CT molecular complexity index is 989. The van der Waals surface area contributed by atoms with Gasteiger partial charge in [0.1, 0.15) is 11.4 Å². The molecule has 1 aliphatic heterocycles. The van der Waals surface area contributed by atoms with Gasteiger partial charge in [-0.2, -0.15) is 0 Å². The number of methoxy groups -OCH3 is 1. The second-order valence-electron chi connectivity index (χ2n) is 7.06. The number of aromatic amines is 1. The molecule has 2 heterocycles. The molecule has 2 amide bonds. The number of amides is 2. The fourth-order valence-corrected chi connectivity index (χ4v) is 3.63. The first-order valence-corrected chi connectivity index (χ1v) is 9.46. The first-order chi connectivity index (χ1) is 13.6. The highest BCUT2D eigenvalue weighted by atomic mass is 16.5. The van der Waals surface area contributed by atoms with Crippen molar-refractivity contribution in [2.24, 2.45) is 5.92 Å². The number of carbonyl (C=O) groups excluding carboxylic acids is 2. The lowest BCUT2D eigenvalue weighted by Gasteiger charge is -2.31. The van der Waals surface area contributed by atoms with E-state index in [-0.39, 0.29) is 17.7 Å².